The highest BCUT2D eigenvalue weighted by Crippen LogP contribution is 2.42. The van der Waals surface area contributed by atoms with Gasteiger partial charge in [-0.05, 0) is 36.8 Å². The van der Waals surface area contributed by atoms with Crippen molar-refractivity contribution in [1.82, 2.24) is 0 Å². The number of hydrogen-bond acceptors (Lipinski definition) is 5. The summed E-state index contributed by atoms with van der Waals surface area (Å²) in [6.45, 7) is 1.93. The van der Waals surface area contributed by atoms with Crippen LogP contribution in [-0.4, -0.2) is 30.5 Å². The molecule has 1 aliphatic rings. The minimum Gasteiger partial charge on any atom is -0.493 e. The quantitative estimate of drug-likeness (QED) is 0.911. The third-order valence-electron chi connectivity index (χ3n) is 4.11. The van der Waals surface area contributed by atoms with Crippen molar-refractivity contribution in [3.05, 3.63) is 53.1 Å². The SMILES string of the molecule is COc1ccc([C@H]2Oc3ccc(C)cc3[C@H](O)[C@H]2O)cc1OC. The van der Waals surface area contributed by atoms with Crippen molar-refractivity contribution in [2.45, 2.75) is 25.2 Å². The van der Waals surface area contributed by atoms with Crippen LogP contribution in [-0.2, 0) is 0 Å². The lowest BCUT2D eigenvalue weighted by molar-refractivity contribution is -0.0700. The van der Waals surface area contributed by atoms with Gasteiger partial charge in [-0.2, -0.15) is 0 Å². The topological polar surface area (TPSA) is 68.2 Å². The van der Waals surface area contributed by atoms with E-state index >= 15 is 0 Å². The Balaban J connectivity index is 1.99. The maximum atomic E-state index is 10.5. The second-order valence-corrected chi connectivity index (χ2v) is 5.63. The van der Waals surface area contributed by atoms with Crippen LogP contribution in [0, 0.1) is 6.92 Å². The van der Waals surface area contributed by atoms with Gasteiger partial charge in [0.1, 0.15) is 18.0 Å². The van der Waals surface area contributed by atoms with Gasteiger partial charge in [0.05, 0.1) is 14.2 Å². The van der Waals surface area contributed by atoms with E-state index in [0.29, 0.717) is 28.4 Å². The van der Waals surface area contributed by atoms with Crippen LogP contribution in [0.15, 0.2) is 36.4 Å². The van der Waals surface area contributed by atoms with Crippen LogP contribution in [0.3, 0.4) is 0 Å². The van der Waals surface area contributed by atoms with E-state index in [4.69, 9.17) is 14.2 Å². The average Bonchev–Trinajstić information content (AvgIpc) is 2.58. The molecule has 0 amide bonds. The number of aliphatic hydroxyl groups is 2. The predicted octanol–water partition coefficient (Wildman–Crippen LogP) is 2.54. The number of rotatable bonds is 3. The highest BCUT2D eigenvalue weighted by molar-refractivity contribution is 5.46. The Hall–Kier alpha value is -2.24. The van der Waals surface area contributed by atoms with Gasteiger partial charge in [-0.1, -0.05) is 17.7 Å². The first-order valence-electron chi connectivity index (χ1n) is 7.40. The Labute approximate surface area is 135 Å². The van der Waals surface area contributed by atoms with Gasteiger partial charge in [0.2, 0.25) is 0 Å². The molecule has 23 heavy (non-hydrogen) atoms. The van der Waals surface area contributed by atoms with E-state index in [9.17, 15) is 10.2 Å². The Kier molecular flexibility index (Phi) is 4.15. The molecule has 2 N–H and O–H groups in total. The van der Waals surface area contributed by atoms with Gasteiger partial charge in [0.25, 0.3) is 0 Å². The summed E-state index contributed by atoms with van der Waals surface area (Å²) in [7, 11) is 3.11. The summed E-state index contributed by atoms with van der Waals surface area (Å²) in [4.78, 5) is 0. The largest absolute Gasteiger partial charge is 0.493 e. The molecule has 2 aromatic carbocycles. The molecule has 5 nitrogen and oxygen atoms in total. The van der Waals surface area contributed by atoms with Crippen molar-refractivity contribution in [1.29, 1.82) is 0 Å². The molecule has 0 bridgehead atoms. The number of aliphatic hydroxyl groups excluding tert-OH is 2. The highest BCUT2D eigenvalue weighted by Gasteiger charge is 2.37. The van der Waals surface area contributed by atoms with Crippen molar-refractivity contribution in [2.75, 3.05) is 14.2 Å². The van der Waals surface area contributed by atoms with Crippen molar-refractivity contribution >= 4 is 0 Å². The number of methoxy groups -OCH3 is 2. The zero-order valence-corrected chi connectivity index (χ0v) is 13.3. The summed E-state index contributed by atoms with van der Waals surface area (Å²) < 4.78 is 16.4. The van der Waals surface area contributed by atoms with E-state index in [1.807, 2.05) is 25.1 Å². The molecule has 2 aromatic rings. The first-order valence-corrected chi connectivity index (χ1v) is 7.40. The van der Waals surface area contributed by atoms with Gasteiger partial charge in [-0.15, -0.1) is 0 Å². The lowest BCUT2D eigenvalue weighted by atomic mass is 9.91. The van der Waals surface area contributed by atoms with Gasteiger partial charge in [-0.3, -0.25) is 0 Å². The second kappa shape index (κ2) is 6.10. The molecular formula is C18H20O5. The van der Waals surface area contributed by atoms with Gasteiger partial charge in [0, 0.05) is 5.56 Å². The fourth-order valence-electron chi connectivity index (χ4n) is 2.86. The number of ether oxygens (including phenoxy) is 3. The fraction of sp³-hybridized carbons (Fsp3) is 0.333. The molecule has 1 heterocycles. The molecule has 5 heteroatoms. The Morgan fingerprint density at radius 3 is 2.39 bits per heavy atom. The second-order valence-electron chi connectivity index (χ2n) is 5.63. The Morgan fingerprint density at radius 1 is 0.957 bits per heavy atom. The van der Waals surface area contributed by atoms with Crippen molar-refractivity contribution in [3.8, 4) is 17.2 Å². The van der Waals surface area contributed by atoms with E-state index in [2.05, 4.69) is 0 Å². The van der Waals surface area contributed by atoms with E-state index < -0.39 is 18.3 Å². The molecular weight excluding hydrogens is 296 g/mol. The molecule has 122 valence electrons. The van der Waals surface area contributed by atoms with Crippen LogP contribution in [0.1, 0.15) is 28.9 Å². The smallest absolute Gasteiger partial charge is 0.161 e. The van der Waals surface area contributed by atoms with Gasteiger partial charge in [-0.25, -0.2) is 0 Å². The summed E-state index contributed by atoms with van der Waals surface area (Å²) in [6, 6.07) is 10.8. The summed E-state index contributed by atoms with van der Waals surface area (Å²) in [5.74, 6) is 1.72. The van der Waals surface area contributed by atoms with Crippen LogP contribution < -0.4 is 14.2 Å². The standard InChI is InChI=1S/C18H20O5/c1-10-4-6-13-12(8-10)16(19)17(20)18(23-13)11-5-7-14(21-2)15(9-11)22-3/h4-9,16-20H,1-3H3/t16-,17+,18+/m0/s1. The summed E-state index contributed by atoms with van der Waals surface area (Å²) >= 11 is 0. The van der Waals surface area contributed by atoms with Gasteiger partial charge >= 0.3 is 0 Å². The van der Waals surface area contributed by atoms with Crippen LogP contribution in [0.5, 0.6) is 17.2 Å². The third-order valence-corrected chi connectivity index (χ3v) is 4.11. The van der Waals surface area contributed by atoms with Crippen LogP contribution in [0.2, 0.25) is 0 Å². The Bertz CT molecular complexity index is 713. The van der Waals surface area contributed by atoms with Crippen LogP contribution in [0.4, 0.5) is 0 Å². The normalized spacial score (nSPS) is 22.9. The third kappa shape index (κ3) is 2.73. The zero-order valence-electron chi connectivity index (χ0n) is 13.3. The molecule has 1 aliphatic heterocycles. The van der Waals surface area contributed by atoms with E-state index in [0.717, 1.165) is 5.56 Å². The molecule has 0 radical (unpaired) electrons. The zero-order chi connectivity index (χ0) is 16.6. The fourth-order valence-corrected chi connectivity index (χ4v) is 2.86. The number of benzene rings is 2. The van der Waals surface area contributed by atoms with Crippen LogP contribution >= 0.6 is 0 Å². The maximum absolute atomic E-state index is 10.5. The minimum absolute atomic E-state index is 0.546. The maximum Gasteiger partial charge on any atom is 0.161 e. The molecule has 0 spiro atoms. The molecule has 0 saturated heterocycles. The molecule has 0 aliphatic carbocycles. The molecule has 0 saturated carbocycles. The van der Waals surface area contributed by atoms with Gasteiger partial charge < -0.3 is 24.4 Å². The van der Waals surface area contributed by atoms with Crippen molar-refractivity contribution in [3.63, 3.8) is 0 Å². The van der Waals surface area contributed by atoms with Crippen LogP contribution in [0.25, 0.3) is 0 Å². The lowest BCUT2D eigenvalue weighted by Gasteiger charge is -2.34. The average molecular weight is 316 g/mol. The first kappa shape index (κ1) is 15.6. The lowest BCUT2D eigenvalue weighted by Crippen LogP contribution is -2.34. The molecule has 3 atom stereocenters. The number of aryl methyl sites for hydroxylation is 1. The van der Waals surface area contributed by atoms with Crippen molar-refractivity contribution < 1.29 is 24.4 Å². The minimum atomic E-state index is -1.07. The van der Waals surface area contributed by atoms with E-state index in [1.165, 1.54) is 0 Å². The Morgan fingerprint density at radius 2 is 1.70 bits per heavy atom. The summed E-state index contributed by atoms with van der Waals surface area (Å²) in [5, 5.41) is 20.9. The summed E-state index contributed by atoms with van der Waals surface area (Å²) in [5.41, 5.74) is 2.32. The molecule has 0 aromatic heterocycles. The molecule has 3 rings (SSSR count). The van der Waals surface area contributed by atoms with Gasteiger partial charge in [0.15, 0.2) is 17.6 Å². The number of fused-ring (bicyclic) bond motifs is 1. The van der Waals surface area contributed by atoms with E-state index in [-0.39, 0.29) is 0 Å². The molecule has 0 fully saturated rings. The molecule has 0 unspecified atom stereocenters. The van der Waals surface area contributed by atoms with E-state index in [1.54, 1.807) is 32.4 Å². The van der Waals surface area contributed by atoms with Crippen molar-refractivity contribution in [2.24, 2.45) is 0 Å². The highest BCUT2D eigenvalue weighted by atomic mass is 16.5. The monoisotopic (exact) mass is 316 g/mol. The predicted molar refractivity (Wildman–Crippen MR) is 85.1 cm³/mol. The number of hydrogen-bond donors (Lipinski definition) is 2. The first-order chi connectivity index (χ1) is 11.0. The summed E-state index contributed by atoms with van der Waals surface area (Å²) in [6.07, 6.45) is -2.75.